The highest BCUT2D eigenvalue weighted by atomic mass is 16.6. The second-order valence-electron chi connectivity index (χ2n) is 7.81. The van der Waals surface area contributed by atoms with Crippen LogP contribution in [0.1, 0.15) is 50.2 Å². The van der Waals surface area contributed by atoms with Crippen LogP contribution in [0.5, 0.6) is 11.5 Å². The minimum absolute atomic E-state index is 0.114. The van der Waals surface area contributed by atoms with Crippen LogP contribution in [0, 0.1) is 6.92 Å². The van der Waals surface area contributed by atoms with Crippen LogP contribution in [0.25, 0.3) is 0 Å². The summed E-state index contributed by atoms with van der Waals surface area (Å²) in [5.74, 6) is 0.811. The fraction of sp³-hybridized carbons (Fsp3) is 0.296. The number of ketones is 1. The molecule has 6 heteroatoms. The van der Waals surface area contributed by atoms with E-state index in [9.17, 15) is 9.59 Å². The molecule has 1 aliphatic rings. The van der Waals surface area contributed by atoms with E-state index in [0.29, 0.717) is 42.1 Å². The van der Waals surface area contributed by atoms with Crippen molar-refractivity contribution in [3.05, 3.63) is 83.6 Å². The largest absolute Gasteiger partial charge is 0.457 e. The predicted molar refractivity (Wildman–Crippen MR) is 127 cm³/mol. The van der Waals surface area contributed by atoms with E-state index in [0.717, 1.165) is 16.9 Å². The number of esters is 1. The molecule has 6 nitrogen and oxygen atoms in total. The lowest BCUT2D eigenvalue weighted by atomic mass is 9.81. The fourth-order valence-corrected chi connectivity index (χ4v) is 3.73. The van der Waals surface area contributed by atoms with Crippen molar-refractivity contribution in [3.63, 3.8) is 0 Å². The molecule has 33 heavy (non-hydrogen) atoms. The van der Waals surface area contributed by atoms with Crippen LogP contribution in [0.2, 0.25) is 0 Å². The van der Waals surface area contributed by atoms with E-state index in [1.165, 1.54) is 6.92 Å². The van der Waals surface area contributed by atoms with Gasteiger partial charge in [0.15, 0.2) is 5.78 Å². The molecule has 0 saturated heterocycles. The highest BCUT2D eigenvalue weighted by Crippen LogP contribution is 2.39. The van der Waals surface area contributed by atoms with E-state index < -0.39 is 5.97 Å². The van der Waals surface area contributed by atoms with E-state index in [1.54, 1.807) is 6.08 Å². The first-order valence-electron chi connectivity index (χ1n) is 11.0. The molecular formula is C27H29NO5. The average molecular weight is 448 g/mol. The van der Waals surface area contributed by atoms with Crippen LogP contribution in [-0.2, 0) is 19.2 Å². The van der Waals surface area contributed by atoms with E-state index in [2.05, 4.69) is 11.7 Å². The number of allylic oxidation sites excluding steroid dienone is 2. The first-order valence-corrected chi connectivity index (χ1v) is 11.0. The maximum absolute atomic E-state index is 12.9. The summed E-state index contributed by atoms with van der Waals surface area (Å²) in [4.78, 5) is 30.1. The van der Waals surface area contributed by atoms with Gasteiger partial charge in [-0.2, -0.15) is 0 Å². The first kappa shape index (κ1) is 24.0. The lowest BCUT2D eigenvalue weighted by Gasteiger charge is -2.27. The Hall–Kier alpha value is -3.67. The van der Waals surface area contributed by atoms with Crippen molar-refractivity contribution in [2.24, 2.45) is 5.16 Å². The molecule has 1 aliphatic carbocycles. The van der Waals surface area contributed by atoms with Crippen LogP contribution in [0.15, 0.2) is 77.7 Å². The van der Waals surface area contributed by atoms with Crippen molar-refractivity contribution in [2.45, 2.75) is 46.0 Å². The molecule has 0 saturated carbocycles. The average Bonchev–Trinajstić information content (AvgIpc) is 2.79. The Balaban J connectivity index is 2.01. The molecule has 0 spiro atoms. The highest BCUT2D eigenvalue weighted by Gasteiger charge is 2.34. The van der Waals surface area contributed by atoms with Crippen molar-refractivity contribution in [1.29, 1.82) is 0 Å². The Kier molecular flexibility index (Phi) is 8.19. The number of rotatable bonds is 9. The van der Waals surface area contributed by atoms with Gasteiger partial charge in [-0.15, -0.1) is 0 Å². The summed E-state index contributed by atoms with van der Waals surface area (Å²) in [6, 6.07) is 15.4. The summed E-state index contributed by atoms with van der Waals surface area (Å²) in [5, 5.41) is 4.12. The summed E-state index contributed by atoms with van der Waals surface area (Å²) in [6.07, 6.45) is 2.85. The zero-order chi connectivity index (χ0) is 23.8. The zero-order valence-electron chi connectivity index (χ0n) is 19.3. The minimum atomic E-state index is -0.489. The van der Waals surface area contributed by atoms with Gasteiger partial charge in [0, 0.05) is 19.3 Å². The van der Waals surface area contributed by atoms with Gasteiger partial charge in [-0.3, -0.25) is 9.59 Å². The van der Waals surface area contributed by atoms with Crippen LogP contribution in [0.3, 0.4) is 0 Å². The number of carbonyl (C=O) groups excluding carboxylic acids is 2. The number of oxime groups is 1. The topological polar surface area (TPSA) is 74.2 Å². The van der Waals surface area contributed by atoms with E-state index in [-0.39, 0.29) is 18.3 Å². The monoisotopic (exact) mass is 447 g/mol. The van der Waals surface area contributed by atoms with Gasteiger partial charge >= 0.3 is 5.97 Å². The normalized spacial score (nSPS) is 16.4. The molecule has 0 bridgehead atoms. The molecule has 0 aromatic heterocycles. The van der Waals surface area contributed by atoms with Gasteiger partial charge < -0.3 is 14.3 Å². The van der Waals surface area contributed by atoms with Crippen LogP contribution in [0.4, 0.5) is 0 Å². The summed E-state index contributed by atoms with van der Waals surface area (Å²) < 4.78 is 11.6. The molecule has 2 aromatic rings. The number of hydrogen-bond acceptors (Lipinski definition) is 6. The molecule has 0 N–H and O–H groups in total. The standard InChI is InChI=1S/C27H29NO5/c1-5-16-31-28-24(6-2)26-25(30)15-14-23(27(26)32-19(4)29)20-8-7-9-22(17-20)33-21-12-10-18(3)11-13-21/h5,7-13,17,23H,1,6,14-16H2,2-4H3. The van der Waals surface area contributed by atoms with Gasteiger partial charge in [0.25, 0.3) is 0 Å². The smallest absolute Gasteiger partial charge is 0.307 e. The molecule has 0 heterocycles. The quantitative estimate of drug-likeness (QED) is 0.154. The van der Waals surface area contributed by atoms with Gasteiger partial charge in [0.1, 0.15) is 23.9 Å². The molecule has 0 aliphatic heterocycles. The first-order chi connectivity index (χ1) is 15.9. The number of ether oxygens (including phenoxy) is 2. The predicted octanol–water partition coefficient (Wildman–Crippen LogP) is 6.02. The van der Waals surface area contributed by atoms with Crippen LogP contribution >= 0.6 is 0 Å². The molecule has 172 valence electrons. The maximum atomic E-state index is 12.9. The second-order valence-corrected chi connectivity index (χ2v) is 7.81. The minimum Gasteiger partial charge on any atom is -0.457 e. The van der Waals surface area contributed by atoms with Crippen molar-refractivity contribution in [2.75, 3.05) is 6.61 Å². The molecule has 0 radical (unpaired) electrons. The third kappa shape index (κ3) is 6.19. The number of hydrogen-bond donors (Lipinski definition) is 0. The summed E-state index contributed by atoms with van der Waals surface area (Å²) in [5.41, 5.74) is 2.81. The number of Topliss-reactive ketones (excluding diaryl/α,β-unsaturated/α-hetero) is 1. The molecule has 0 amide bonds. The van der Waals surface area contributed by atoms with Crippen molar-refractivity contribution < 1.29 is 23.9 Å². The number of nitrogens with zero attached hydrogens (tertiary/aromatic N) is 1. The van der Waals surface area contributed by atoms with Gasteiger partial charge in [0.05, 0.1) is 11.3 Å². The van der Waals surface area contributed by atoms with Crippen LogP contribution < -0.4 is 4.74 Å². The molecule has 3 rings (SSSR count). The van der Waals surface area contributed by atoms with Gasteiger partial charge in [-0.1, -0.05) is 54.6 Å². The third-order valence-corrected chi connectivity index (χ3v) is 5.26. The number of aryl methyl sites for hydroxylation is 1. The number of carbonyl (C=O) groups is 2. The molecule has 1 unspecified atom stereocenters. The molecular weight excluding hydrogens is 418 g/mol. The summed E-state index contributed by atoms with van der Waals surface area (Å²) in [6.45, 7) is 9.05. The fourth-order valence-electron chi connectivity index (χ4n) is 3.73. The highest BCUT2D eigenvalue weighted by molar-refractivity contribution is 6.23. The Morgan fingerprint density at radius 3 is 2.61 bits per heavy atom. The maximum Gasteiger partial charge on any atom is 0.307 e. The lowest BCUT2D eigenvalue weighted by molar-refractivity contribution is -0.137. The zero-order valence-corrected chi connectivity index (χ0v) is 19.3. The van der Waals surface area contributed by atoms with Crippen LogP contribution in [-0.4, -0.2) is 24.1 Å². The van der Waals surface area contributed by atoms with E-state index in [1.807, 2.05) is 62.4 Å². The second kappa shape index (κ2) is 11.3. The van der Waals surface area contributed by atoms with Gasteiger partial charge in [-0.05, 0) is 49.6 Å². The Bertz CT molecular complexity index is 1080. The summed E-state index contributed by atoms with van der Waals surface area (Å²) >= 11 is 0. The van der Waals surface area contributed by atoms with Gasteiger partial charge in [-0.25, -0.2) is 0 Å². The van der Waals surface area contributed by atoms with Crippen molar-refractivity contribution in [3.8, 4) is 11.5 Å². The molecule has 2 aromatic carbocycles. The lowest BCUT2D eigenvalue weighted by Crippen LogP contribution is -2.26. The Morgan fingerprint density at radius 1 is 1.18 bits per heavy atom. The molecule has 1 atom stereocenters. The van der Waals surface area contributed by atoms with Crippen molar-refractivity contribution in [1.82, 2.24) is 0 Å². The van der Waals surface area contributed by atoms with E-state index in [4.69, 9.17) is 14.3 Å². The van der Waals surface area contributed by atoms with Gasteiger partial charge in [0.2, 0.25) is 0 Å². The SMILES string of the molecule is C=CCON=C(CC)C1=C(OC(C)=O)C(c2cccc(Oc3ccc(C)cc3)c2)CCC1=O. The Labute approximate surface area is 194 Å². The molecule has 0 fully saturated rings. The number of benzene rings is 2. The summed E-state index contributed by atoms with van der Waals surface area (Å²) in [7, 11) is 0. The van der Waals surface area contributed by atoms with E-state index >= 15 is 0 Å². The third-order valence-electron chi connectivity index (χ3n) is 5.26. The van der Waals surface area contributed by atoms with Crippen molar-refractivity contribution >= 4 is 17.5 Å². The Morgan fingerprint density at radius 2 is 1.94 bits per heavy atom.